The van der Waals surface area contributed by atoms with Crippen LogP contribution in [0.2, 0.25) is 0 Å². The minimum absolute atomic E-state index is 0.548. The maximum atomic E-state index is 7.01. The van der Waals surface area contributed by atoms with Gasteiger partial charge in [-0.1, -0.05) is 188 Å². The van der Waals surface area contributed by atoms with Gasteiger partial charge in [0, 0.05) is 27.5 Å². The fourth-order valence-corrected chi connectivity index (χ4v) is 7.42. The number of fused-ring (bicyclic) bond motifs is 3. The summed E-state index contributed by atoms with van der Waals surface area (Å²) < 4.78 is 7.01. The van der Waals surface area contributed by atoms with Crippen molar-refractivity contribution in [3.63, 3.8) is 0 Å². The van der Waals surface area contributed by atoms with Gasteiger partial charge in [-0.15, -0.1) is 0 Å². The Morgan fingerprint density at radius 1 is 0.255 bits per heavy atom. The highest BCUT2D eigenvalue weighted by atomic mass is 16.3. The van der Waals surface area contributed by atoms with Gasteiger partial charge in [0.05, 0.1) is 5.56 Å². The first-order valence-electron chi connectivity index (χ1n) is 18.4. The van der Waals surface area contributed by atoms with Gasteiger partial charge in [0.15, 0.2) is 17.5 Å². The van der Waals surface area contributed by atoms with Gasteiger partial charge >= 0.3 is 0 Å². The Kier molecular flexibility index (Phi) is 8.12. The molecule has 4 heteroatoms. The monoisotopic (exact) mass is 703 g/mol. The molecule has 55 heavy (non-hydrogen) atoms. The average Bonchev–Trinajstić information content (AvgIpc) is 3.67. The van der Waals surface area contributed by atoms with E-state index in [4.69, 9.17) is 19.4 Å². The number of hydrogen-bond donors (Lipinski definition) is 0. The Bertz CT molecular complexity index is 2820. The maximum Gasteiger partial charge on any atom is 0.167 e. The van der Waals surface area contributed by atoms with Crippen molar-refractivity contribution < 1.29 is 4.42 Å². The van der Waals surface area contributed by atoms with Crippen molar-refractivity contribution >= 4 is 21.9 Å². The Morgan fingerprint density at radius 2 is 0.655 bits per heavy atom. The molecule has 4 nitrogen and oxygen atoms in total. The SMILES string of the molecule is c1ccc(-c2ccc(-c3nc(-c4ccc(-c5ccccc5)cc4)nc(-c4cccc5c4oc4c(-c6ccccc6)ccc(-c6ccccc6)c45)n3)cc2)cc1. The average molecular weight is 704 g/mol. The molecule has 8 aromatic carbocycles. The number of hydrogen-bond acceptors (Lipinski definition) is 4. The minimum Gasteiger partial charge on any atom is -0.455 e. The molecule has 0 saturated heterocycles. The molecule has 0 spiro atoms. The van der Waals surface area contributed by atoms with Crippen molar-refractivity contribution in [2.24, 2.45) is 0 Å². The molecular formula is C51H33N3O. The molecule has 0 amide bonds. The van der Waals surface area contributed by atoms with Crippen molar-refractivity contribution in [3.05, 3.63) is 200 Å². The highest BCUT2D eigenvalue weighted by Gasteiger charge is 2.22. The van der Waals surface area contributed by atoms with Crippen molar-refractivity contribution in [1.82, 2.24) is 15.0 Å². The standard InChI is InChI=1S/C51H33N3O/c1-5-14-34(15-6-1)36-24-28-40(29-25-36)49-52-50(41-30-26-37(27-31-41)35-16-7-2-8-17-35)54-51(53-49)45-23-13-22-44-46-42(38-18-9-3-10-19-38)32-33-43(48(46)55-47(44)45)39-20-11-4-12-21-39/h1-33H. The third kappa shape index (κ3) is 6.06. The summed E-state index contributed by atoms with van der Waals surface area (Å²) in [6.07, 6.45) is 0. The second-order valence-corrected chi connectivity index (χ2v) is 13.6. The summed E-state index contributed by atoms with van der Waals surface area (Å²) in [4.78, 5) is 15.4. The highest BCUT2D eigenvalue weighted by Crippen LogP contribution is 2.44. The van der Waals surface area contributed by atoms with Gasteiger partial charge in [-0.3, -0.25) is 0 Å². The Labute approximate surface area is 319 Å². The maximum absolute atomic E-state index is 7.01. The van der Waals surface area contributed by atoms with Crippen LogP contribution in [0.5, 0.6) is 0 Å². The van der Waals surface area contributed by atoms with Crippen LogP contribution < -0.4 is 0 Å². The fraction of sp³-hybridized carbons (Fsp3) is 0. The van der Waals surface area contributed by atoms with Crippen LogP contribution in [0.1, 0.15) is 0 Å². The van der Waals surface area contributed by atoms with Crippen molar-refractivity contribution in [1.29, 1.82) is 0 Å². The lowest BCUT2D eigenvalue weighted by atomic mass is 9.94. The van der Waals surface area contributed by atoms with Gasteiger partial charge in [-0.05, 0) is 51.1 Å². The lowest BCUT2D eigenvalue weighted by Gasteiger charge is -2.10. The van der Waals surface area contributed by atoms with Crippen molar-refractivity contribution in [2.45, 2.75) is 0 Å². The summed E-state index contributed by atoms with van der Waals surface area (Å²) in [6.45, 7) is 0. The summed E-state index contributed by atoms with van der Waals surface area (Å²) in [5.74, 6) is 1.73. The number of aromatic nitrogens is 3. The van der Waals surface area contributed by atoms with Gasteiger partial charge < -0.3 is 4.42 Å². The highest BCUT2D eigenvalue weighted by molar-refractivity contribution is 6.18. The first kappa shape index (κ1) is 32.2. The molecule has 0 bridgehead atoms. The third-order valence-electron chi connectivity index (χ3n) is 10.2. The molecule has 0 atom stereocenters. The lowest BCUT2D eigenvalue weighted by molar-refractivity contribution is 0.670. The molecule has 258 valence electrons. The Balaban J connectivity index is 1.18. The van der Waals surface area contributed by atoms with E-state index in [1.54, 1.807) is 0 Å². The Hall–Kier alpha value is -7.43. The molecule has 0 aliphatic carbocycles. The second kappa shape index (κ2) is 13.8. The van der Waals surface area contributed by atoms with Gasteiger partial charge in [0.25, 0.3) is 0 Å². The normalized spacial score (nSPS) is 11.3. The van der Waals surface area contributed by atoms with Crippen molar-refractivity contribution in [3.8, 4) is 78.7 Å². The van der Waals surface area contributed by atoms with E-state index in [0.717, 1.165) is 83.1 Å². The summed E-state index contributed by atoms with van der Waals surface area (Å²) in [6, 6.07) is 69.2. The molecule has 0 aliphatic rings. The van der Waals surface area contributed by atoms with E-state index in [2.05, 4.69) is 176 Å². The molecule has 2 aromatic heterocycles. The molecule has 0 N–H and O–H groups in total. The van der Waals surface area contributed by atoms with E-state index in [0.29, 0.717) is 17.5 Å². The van der Waals surface area contributed by atoms with E-state index in [-0.39, 0.29) is 0 Å². The van der Waals surface area contributed by atoms with E-state index in [9.17, 15) is 0 Å². The van der Waals surface area contributed by atoms with Crippen LogP contribution in [0.4, 0.5) is 0 Å². The zero-order valence-corrected chi connectivity index (χ0v) is 29.8. The third-order valence-corrected chi connectivity index (χ3v) is 10.2. The topological polar surface area (TPSA) is 51.8 Å². The van der Waals surface area contributed by atoms with Crippen LogP contribution in [-0.2, 0) is 0 Å². The van der Waals surface area contributed by atoms with Gasteiger partial charge in [0.2, 0.25) is 0 Å². The molecule has 0 aliphatic heterocycles. The molecule has 0 radical (unpaired) electrons. The van der Waals surface area contributed by atoms with Crippen LogP contribution in [-0.4, -0.2) is 15.0 Å². The first-order valence-corrected chi connectivity index (χ1v) is 18.4. The number of rotatable bonds is 7. The number of para-hydroxylation sites is 1. The molecule has 0 unspecified atom stereocenters. The van der Waals surface area contributed by atoms with E-state index < -0.39 is 0 Å². The summed E-state index contributed by atoms with van der Waals surface area (Å²) >= 11 is 0. The molecule has 0 fully saturated rings. The smallest absolute Gasteiger partial charge is 0.167 e. The van der Waals surface area contributed by atoms with Crippen LogP contribution in [0.15, 0.2) is 205 Å². The quantitative estimate of drug-likeness (QED) is 0.166. The second-order valence-electron chi connectivity index (χ2n) is 13.6. The minimum atomic E-state index is 0.548. The van der Waals surface area contributed by atoms with Gasteiger partial charge in [0.1, 0.15) is 11.2 Å². The zero-order valence-electron chi connectivity index (χ0n) is 29.8. The van der Waals surface area contributed by atoms with Crippen LogP contribution in [0.25, 0.3) is 101 Å². The lowest BCUT2D eigenvalue weighted by Crippen LogP contribution is -2.00. The van der Waals surface area contributed by atoms with Crippen LogP contribution in [0.3, 0.4) is 0 Å². The predicted octanol–water partition coefficient (Wildman–Crippen LogP) is 13.4. The van der Waals surface area contributed by atoms with Crippen molar-refractivity contribution in [2.75, 3.05) is 0 Å². The molecule has 2 heterocycles. The molecule has 10 aromatic rings. The van der Waals surface area contributed by atoms with Crippen LogP contribution >= 0.6 is 0 Å². The summed E-state index contributed by atoms with van der Waals surface area (Å²) in [5.41, 5.74) is 13.1. The van der Waals surface area contributed by atoms with E-state index in [1.807, 2.05) is 24.3 Å². The number of nitrogens with zero attached hydrogens (tertiary/aromatic N) is 3. The molecule has 10 rings (SSSR count). The van der Waals surface area contributed by atoms with Gasteiger partial charge in [-0.2, -0.15) is 0 Å². The first-order chi connectivity index (χ1) is 27.3. The Morgan fingerprint density at radius 3 is 1.16 bits per heavy atom. The molecule has 0 saturated carbocycles. The number of benzene rings is 8. The summed E-state index contributed by atoms with van der Waals surface area (Å²) in [5, 5.41) is 2.07. The van der Waals surface area contributed by atoms with Gasteiger partial charge in [-0.25, -0.2) is 15.0 Å². The summed E-state index contributed by atoms with van der Waals surface area (Å²) in [7, 11) is 0. The zero-order chi connectivity index (χ0) is 36.6. The molecular weight excluding hydrogens is 671 g/mol. The fourth-order valence-electron chi connectivity index (χ4n) is 7.42. The number of furan rings is 1. The predicted molar refractivity (Wildman–Crippen MR) is 225 cm³/mol. The van der Waals surface area contributed by atoms with E-state index in [1.165, 1.54) is 0 Å². The van der Waals surface area contributed by atoms with Crippen LogP contribution in [0, 0.1) is 0 Å². The van der Waals surface area contributed by atoms with E-state index >= 15 is 0 Å². The largest absolute Gasteiger partial charge is 0.455 e.